The molecule has 2 amide bonds. The number of hydrogen-bond donors (Lipinski definition) is 1. The molecule has 0 radical (unpaired) electrons. The number of aromatic nitrogens is 3. The second kappa shape index (κ2) is 9.29. The van der Waals surface area contributed by atoms with Crippen molar-refractivity contribution in [1.82, 2.24) is 15.0 Å². The van der Waals surface area contributed by atoms with Crippen molar-refractivity contribution in [3.05, 3.63) is 53.0 Å². The van der Waals surface area contributed by atoms with Gasteiger partial charge in [0.15, 0.2) is 6.61 Å². The molecule has 0 bridgehead atoms. The van der Waals surface area contributed by atoms with Gasteiger partial charge in [-0.2, -0.15) is 8.78 Å². The number of amides is 2. The van der Waals surface area contributed by atoms with Crippen LogP contribution in [0.4, 0.5) is 14.7 Å². The van der Waals surface area contributed by atoms with Crippen molar-refractivity contribution in [2.75, 3.05) is 11.9 Å². The van der Waals surface area contributed by atoms with E-state index in [1.165, 1.54) is 25.4 Å². The van der Waals surface area contributed by atoms with Crippen LogP contribution < -0.4 is 10.1 Å². The molecule has 2 aromatic rings. The van der Waals surface area contributed by atoms with Crippen LogP contribution in [-0.4, -0.2) is 45.5 Å². The Kier molecular flexibility index (Phi) is 6.71. The number of hydrogen-bond acceptors (Lipinski definition) is 6. The largest absolute Gasteiger partial charge is 0.471 e. The Hall–Kier alpha value is -3.56. The van der Waals surface area contributed by atoms with Crippen LogP contribution in [0.2, 0.25) is 0 Å². The maximum absolute atomic E-state index is 13.6. The molecule has 2 aromatic heterocycles. The maximum atomic E-state index is 13.6. The minimum atomic E-state index is -3.16. The number of pyridine rings is 1. The van der Waals surface area contributed by atoms with Crippen molar-refractivity contribution >= 4 is 24.0 Å². The summed E-state index contributed by atoms with van der Waals surface area (Å²) >= 11 is 0. The second-order valence-electron chi connectivity index (χ2n) is 7.71. The summed E-state index contributed by atoms with van der Waals surface area (Å²) in [5.41, 5.74) is 1.22. The van der Waals surface area contributed by atoms with Gasteiger partial charge in [0.1, 0.15) is 5.69 Å². The van der Waals surface area contributed by atoms with Crippen molar-refractivity contribution in [1.29, 1.82) is 0 Å². The zero-order chi connectivity index (χ0) is 23.5. The first-order chi connectivity index (χ1) is 15.0. The van der Waals surface area contributed by atoms with E-state index in [9.17, 15) is 18.4 Å². The molecular formula is C22H23F2N5O3. The normalized spacial score (nSPS) is 13.8. The summed E-state index contributed by atoms with van der Waals surface area (Å²) < 4.78 is 32.4. The topological polar surface area (TPSA) is 106 Å². The standard InChI is InChI=1S/C22H23F2N5O3/c1-12(2)22(23,24)11-32-20-13(3)7-15(10-26-20)9-25-19(31)17-8-14(4)27-21(28-17)29-18(30)16-5-6-16/h7-10,16H,1,5-6,11H2,2-4H3,(H,27,28,29,30). The second-order valence-corrected chi connectivity index (χ2v) is 7.71. The van der Waals surface area contributed by atoms with Gasteiger partial charge < -0.3 is 4.74 Å². The van der Waals surface area contributed by atoms with Gasteiger partial charge in [-0.15, -0.1) is 0 Å². The van der Waals surface area contributed by atoms with Crippen LogP contribution >= 0.6 is 0 Å². The van der Waals surface area contributed by atoms with E-state index < -0.39 is 18.4 Å². The number of halogens is 2. The quantitative estimate of drug-likeness (QED) is 0.493. The molecule has 1 aliphatic carbocycles. The molecule has 168 valence electrons. The average Bonchev–Trinajstić information content (AvgIpc) is 3.56. The first kappa shape index (κ1) is 23.1. The summed E-state index contributed by atoms with van der Waals surface area (Å²) in [5, 5.41) is 2.61. The number of nitrogens with zero attached hydrogens (tertiary/aromatic N) is 4. The summed E-state index contributed by atoms with van der Waals surface area (Å²) in [6, 6.07) is 3.07. The summed E-state index contributed by atoms with van der Waals surface area (Å²) in [6.45, 7) is 6.93. The van der Waals surface area contributed by atoms with Crippen molar-refractivity contribution < 1.29 is 23.1 Å². The minimum Gasteiger partial charge on any atom is -0.471 e. The number of aryl methyl sites for hydroxylation is 2. The van der Waals surface area contributed by atoms with Crippen LogP contribution in [0.5, 0.6) is 5.88 Å². The average molecular weight is 443 g/mol. The van der Waals surface area contributed by atoms with Gasteiger partial charge in [-0.3, -0.25) is 14.9 Å². The summed E-state index contributed by atoms with van der Waals surface area (Å²) in [6.07, 6.45) is 4.31. The summed E-state index contributed by atoms with van der Waals surface area (Å²) in [7, 11) is 0. The van der Waals surface area contributed by atoms with E-state index in [1.807, 2.05) is 0 Å². The van der Waals surface area contributed by atoms with E-state index >= 15 is 0 Å². The molecule has 0 aliphatic heterocycles. The Balaban J connectivity index is 1.67. The highest BCUT2D eigenvalue weighted by molar-refractivity contribution is 6.01. The zero-order valence-electron chi connectivity index (χ0n) is 18.0. The third-order valence-corrected chi connectivity index (χ3v) is 4.65. The number of alkyl halides is 2. The monoisotopic (exact) mass is 443 g/mol. The molecule has 1 fully saturated rings. The van der Waals surface area contributed by atoms with Crippen LogP contribution in [0.3, 0.4) is 0 Å². The summed E-state index contributed by atoms with van der Waals surface area (Å²) in [5.74, 6) is -3.86. The van der Waals surface area contributed by atoms with Gasteiger partial charge in [0.25, 0.3) is 5.91 Å². The first-order valence-corrected chi connectivity index (χ1v) is 9.93. The SMILES string of the molecule is C=C(C)C(F)(F)COc1ncc(C=NC(=O)c2cc(C)nc(NC(=O)C3CC3)n2)cc1C. The third-order valence-electron chi connectivity index (χ3n) is 4.65. The van der Waals surface area contributed by atoms with Crippen LogP contribution in [-0.2, 0) is 4.79 Å². The van der Waals surface area contributed by atoms with Crippen molar-refractivity contribution in [3.8, 4) is 5.88 Å². The number of carbonyl (C=O) groups is 2. The number of carbonyl (C=O) groups excluding carboxylic acids is 2. The van der Waals surface area contributed by atoms with Crippen LogP contribution in [0.1, 0.15) is 47.1 Å². The fourth-order valence-corrected chi connectivity index (χ4v) is 2.58. The number of rotatable bonds is 8. The zero-order valence-corrected chi connectivity index (χ0v) is 18.0. The lowest BCUT2D eigenvalue weighted by Crippen LogP contribution is -2.26. The van der Waals surface area contributed by atoms with Gasteiger partial charge in [-0.05, 0) is 51.3 Å². The molecule has 1 saturated carbocycles. The number of aliphatic imine (C=N–C) groups is 1. The van der Waals surface area contributed by atoms with E-state index in [0.717, 1.165) is 12.8 Å². The maximum Gasteiger partial charge on any atom is 0.302 e. The smallest absolute Gasteiger partial charge is 0.302 e. The number of nitrogens with one attached hydrogen (secondary N) is 1. The van der Waals surface area contributed by atoms with E-state index in [-0.39, 0.29) is 34.9 Å². The summed E-state index contributed by atoms with van der Waals surface area (Å²) in [4.78, 5) is 40.4. The van der Waals surface area contributed by atoms with Gasteiger partial charge in [-0.25, -0.2) is 19.9 Å². The van der Waals surface area contributed by atoms with Crippen molar-refractivity contribution in [2.24, 2.45) is 10.9 Å². The molecule has 0 unspecified atom stereocenters. The molecule has 0 aromatic carbocycles. The molecule has 2 heterocycles. The highest BCUT2D eigenvalue weighted by Crippen LogP contribution is 2.29. The Morgan fingerprint density at radius 2 is 2.03 bits per heavy atom. The van der Waals surface area contributed by atoms with Gasteiger partial charge in [-0.1, -0.05) is 6.58 Å². The Morgan fingerprint density at radius 3 is 2.66 bits per heavy atom. The Morgan fingerprint density at radius 1 is 1.31 bits per heavy atom. The molecular weight excluding hydrogens is 420 g/mol. The van der Waals surface area contributed by atoms with E-state index in [4.69, 9.17) is 4.74 Å². The fraction of sp³-hybridized carbons (Fsp3) is 0.364. The van der Waals surface area contributed by atoms with Gasteiger partial charge in [0, 0.05) is 35.2 Å². The predicted molar refractivity (Wildman–Crippen MR) is 114 cm³/mol. The lowest BCUT2D eigenvalue weighted by Gasteiger charge is -2.17. The number of anilines is 1. The Labute approximate surface area is 183 Å². The first-order valence-electron chi connectivity index (χ1n) is 9.93. The highest BCUT2D eigenvalue weighted by Gasteiger charge is 2.31. The van der Waals surface area contributed by atoms with Crippen LogP contribution in [0.25, 0.3) is 0 Å². The van der Waals surface area contributed by atoms with Gasteiger partial charge in [0.2, 0.25) is 17.7 Å². The van der Waals surface area contributed by atoms with E-state index in [1.54, 1.807) is 19.9 Å². The molecule has 3 rings (SSSR count). The van der Waals surface area contributed by atoms with Crippen molar-refractivity contribution in [3.63, 3.8) is 0 Å². The molecule has 0 spiro atoms. The molecule has 1 N–H and O–H groups in total. The molecule has 0 atom stereocenters. The van der Waals surface area contributed by atoms with Gasteiger partial charge in [0.05, 0.1) is 0 Å². The molecule has 1 aliphatic rings. The molecule has 10 heteroatoms. The lowest BCUT2D eigenvalue weighted by molar-refractivity contribution is -0.117. The molecule has 0 saturated heterocycles. The van der Waals surface area contributed by atoms with Gasteiger partial charge >= 0.3 is 5.92 Å². The van der Waals surface area contributed by atoms with E-state index in [0.29, 0.717) is 16.8 Å². The predicted octanol–water partition coefficient (Wildman–Crippen LogP) is 3.69. The molecule has 8 nitrogen and oxygen atoms in total. The van der Waals surface area contributed by atoms with Crippen molar-refractivity contribution in [2.45, 2.75) is 39.5 Å². The fourth-order valence-electron chi connectivity index (χ4n) is 2.58. The van der Waals surface area contributed by atoms with E-state index in [2.05, 4.69) is 31.8 Å². The minimum absolute atomic E-state index is 0.0222. The van der Waals surface area contributed by atoms with Crippen LogP contribution in [0.15, 0.2) is 35.5 Å². The lowest BCUT2D eigenvalue weighted by atomic mass is 10.2. The van der Waals surface area contributed by atoms with Crippen LogP contribution in [0, 0.1) is 19.8 Å². The number of ether oxygens (including phenoxy) is 1. The molecule has 32 heavy (non-hydrogen) atoms. The highest BCUT2D eigenvalue weighted by atomic mass is 19.3. The third kappa shape index (κ3) is 5.99. The Bertz CT molecular complexity index is 1100.